The Hall–Kier alpha value is -1.16. The van der Waals surface area contributed by atoms with Gasteiger partial charge in [0.2, 0.25) is 0 Å². The van der Waals surface area contributed by atoms with Crippen molar-refractivity contribution >= 4 is 15.6 Å². The van der Waals surface area contributed by atoms with Gasteiger partial charge in [-0.15, -0.1) is 0 Å². The summed E-state index contributed by atoms with van der Waals surface area (Å²) in [6.07, 6.45) is 2.73. The minimum Gasteiger partial charge on any atom is -0.298 e. The van der Waals surface area contributed by atoms with Gasteiger partial charge >= 0.3 is 0 Å². The fourth-order valence-corrected chi connectivity index (χ4v) is 3.14. The van der Waals surface area contributed by atoms with Crippen LogP contribution in [0.2, 0.25) is 0 Å². The van der Waals surface area contributed by atoms with Crippen molar-refractivity contribution in [1.29, 1.82) is 0 Å². The van der Waals surface area contributed by atoms with Crippen LogP contribution in [-0.4, -0.2) is 25.7 Å². The van der Waals surface area contributed by atoms with Crippen LogP contribution in [0.25, 0.3) is 0 Å². The maximum absolute atomic E-state index is 11.7. The van der Waals surface area contributed by atoms with Crippen molar-refractivity contribution in [2.75, 3.05) is 11.5 Å². The van der Waals surface area contributed by atoms with Crippen molar-refractivity contribution in [2.45, 2.75) is 32.6 Å². The Balaban J connectivity index is 2.44. The molecule has 1 aromatic carbocycles. The summed E-state index contributed by atoms with van der Waals surface area (Å²) in [7, 11) is -3.22. The van der Waals surface area contributed by atoms with Gasteiger partial charge in [0.15, 0.2) is 15.6 Å². The van der Waals surface area contributed by atoms with E-state index in [1.54, 1.807) is 0 Å². The van der Waals surface area contributed by atoms with E-state index in [1.165, 1.54) is 0 Å². The van der Waals surface area contributed by atoms with Gasteiger partial charge in [0.25, 0.3) is 0 Å². The molecular weight excluding hydrogens is 248 g/mol. The van der Waals surface area contributed by atoms with Crippen molar-refractivity contribution in [3.8, 4) is 0 Å². The molecule has 0 N–H and O–H groups in total. The van der Waals surface area contributed by atoms with Gasteiger partial charge in [-0.3, -0.25) is 4.79 Å². The van der Waals surface area contributed by atoms with Crippen molar-refractivity contribution in [1.82, 2.24) is 0 Å². The number of sulfone groups is 1. The van der Waals surface area contributed by atoms with E-state index in [4.69, 9.17) is 0 Å². The first-order valence-electron chi connectivity index (χ1n) is 6.29. The maximum atomic E-state index is 11.7. The molecule has 0 heterocycles. The minimum atomic E-state index is -3.22. The van der Waals surface area contributed by atoms with E-state index in [-0.39, 0.29) is 23.7 Å². The molecule has 18 heavy (non-hydrogen) atoms. The molecule has 0 radical (unpaired) electrons. The summed E-state index contributed by atoms with van der Waals surface area (Å²) in [6, 6.07) is 9.23. The van der Waals surface area contributed by atoms with E-state index < -0.39 is 9.84 Å². The number of benzene rings is 1. The molecule has 0 aliphatic carbocycles. The first-order chi connectivity index (χ1) is 8.53. The van der Waals surface area contributed by atoms with Gasteiger partial charge < -0.3 is 0 Å². The Kier molecular flexibility index (Phi) is 6.05. The van der Waals surface area contributed by atoms with Crippen LogP contribution < -0.4 is 0 Å². The number of ketones is 1. The summed E-state index contributed by atoms with van der Waals surface area (Å²) in [5, 5.41) is 0. The molecule has 4 heteroatoms. The van der Waals surface area contributed by atoms with Crippen molar-refractivity contribution < 1.29 is 13.2 Å². The second-order valence-electron chi connectivity index (χ2n) is 4.50. The van der Waals surface area contributed by atoms with Crippen LogP contribution in [-0.2, 0) is 21.1 Å². The summed E-state index contributed by atoms with van der Waals surface area (Å²) in [5.41, 5.74) is 0.867. The molecule has 3 nitrogen and oxygen atoms in total. The smallest absolute Gasteiger partial charge is 0.157 e. The molecule has 0 aliphatic rings. The van der Waals surface area contributed by atoms with Crippen molar-refractivity contribution in [2.24, 2.45) is 0 Å². The van der Waals surface area contributed by atoms with Crippen molar-refractivity contribution in [3.63, 3.8) is 0 Å². The molecule has 0 saturated carbocycles. The number of hydrogen-bond donors (Lipinski definition) is 0. The Morgan fingerprint density at radius 3 is 2.39 bits per heavy atom. The van der Waals surface area contributed by atoms with Gasteiger partial charge in [-0.05, 0) is 12.0 Å². The quantitative estimate of drug-likeness (QED) is 0.680. The lowest BCUT2D eigenvalue weighted by atomic mass is 10.1. The third-order valence-electron chi connectivity index (χ3n) is 2.68. The van der Waals surface area contributed by atoms with Crippen molar-refractivity contribution in [3.05, 3.63) is 35.9 Å². The number of rotatable bonds is 8. The molecule has 0 unspecified atom stereocenters. The SMILES string of the molecule is CCCCCS(=O)(=O)CC(=O)Cc1ccccc1. The highest BCUT2D eigenvalue weighted by Crippen LogP contribution is 2.04. The number of unbranched alkanes of at least 4 members (excludes halogenated alkanes) is 2. The zero-order valence-corrected chi connectivity index (χ0v) is 11.6. The highest BCUT2D eigenvalue weighted by molar-refractivity contribution is 7.92. The van der Waals surface area contributed by atoms with Crippen LogP contribution in [0.15, 0.2) is 30.3 Å². The molecule has 0 fully saturated rings. The average Bonchev–Trinajstić information content (AvgIpc) is 2.29. The summed E-state index contributed by atoms with van der Waals surface area (Å²) in [5.74, 6) is -0.426. The van der Waals surface area contributed by atoms with Crippen LogP contribution >= 0.6 is 0 Å². The van der Waals surface area contributed by atoms with E-state index in [9.17, 15) is 13.2 Å². The summed E-state index contributed by atoms with van der Waals surface area (Å²) in [4.78, 5) is 11.7. The summed E-state index contributed by atoms with van der Waals surface area (Å²) >= 11 is 0. The predicted molar refractivity (Wildman–Crippen MR) is 73.3 cm³/mol. The van der Waals surface area contributed by atoms with Crippen LogP contribution in [0.5, 0.6) is 0 Å². The molecule has 0 aliphatic heterocycles. The van der Waals surface area contributed by atoms with Crippen LogP contribution in [0.4, 0.5) is 0 Å². The minimum absolute atomic E-state index is 0.126. The maximum Gasteiger partial charge on any atom is 0.157 e. The Morgan fingerprint density at radius 2 is 1.78 bits per heavy atom. The van der Waals surface area contributed by atoms with Gasteiger partial charge in [-0.2, -0.15) is 0 Å². The Labute approximate surface area is 109 Å². The van der Waals surface area contributed by atoms with Crippen LogP contribution in [0.3, 0.4) is 0 Å². The molecule has 0 amide bonds. The lowest BCUT2D eigenvalue weighted by Crippen LogP contribution is -2.20. The zero-order chi connectivity index (χ0) is 13.4. The van der Waals surface area contributed by atoms with Crippen LogP contribution in [0, 0.1) is 0 Å². The Bertz CT molecular complexity index is 463. The molecule has 0 aromatic heterocycles. The van der Waals surface area contributed by atoms with Crippen LogP contribution in [0.1, 0.15) is 31.7 Å². The highest BCUT2D eigenvalue weighted by atomic mass is 32.2. The normalized spacial score (nSPS) is 11.4. The lowest BCUT2D eigenvalue weighted by Gasteiger charge is -2.03. The number of carbonyl (C=O) groups is 1. The van der Waals surface area contributed by atoms with E-state index in [0.29, 0.717) is 6.42 Å². The fourth-order valence-electron chi connectivity index (χ4n) is 1.76. The first kappa shape index (κ1) is 14.9. The fraction of sp³-hybridized carbons (Fsp3) is 0.500. The third-order valence-corrected chi connectivity index (χ3v) is 4.36. The lowest BCUT2D eigenvalue weighted by molar-refractivity contribution is -0.116. The molecule has 0 atom stereocenters. The van der Waals surface area contributed by atoms with E-state index in [0.717, 1.165) is 18.4 Å². The number of carbonyl (C=O) groups excluding carboxylic acids is 1. The largest absolute Gasteiger partial charge is 0.298 e. The average molecular weight is 268 g/mol. The topological polar surface area (TPSA) is 51.2 Å². The van der Waals surface area contributed by atoms with Gasteiger partial charge in [0.1, 0.15) is 5.75 Å². The monoisotopic (exact) mass is 268 g/mol. The van der Waals surface area contributed by atoms with Gasteiger partial charge in [0.05, 0.1) is 5.75 Å². The van der Waals surface area contributed by atoms with Gasteiger partial charge in [-0.25, -0.2) is 8.42 Å². The first-order valence-corrected chi connectivity index (χ1v) is 8.11. The van der Waals surface area contributed by atoms with E-state index in [2.05, 4.69) is 0 Å². The Morgan fingerprint density at radius 1 is 1.11 bits per heavy atom. The molecule has 0 saturated heterocycles. The van der Waals surface area contributed by atoms with E-state index in [1.807, 2.05) is 37.3 Å². The second-order valence-corrected chi connectivity index (χ2v) is 6.68. The summed E-state index contributed by atoms with van der Waals surface area (Å²) in [6.45, 7) is 2.02. The molecule has 0 spiro atoms. The summed E-state index contributed by atoms with van der Waals surface area (Å²) < 4.78 is 23.4. The molecule has 1 rings (SSSR count). The van der Waals surface area contributed by atoms with Gasteiger partial charge in [-0.1, -0.05) is 50.1 Å². The molecular formula is C14H20O3S. The molecule has 0 bridgehead atoms. The zero-order valence-electron chi connectivity index (χ0n) is 10.8. The molecule has 1 aromatic rings. The highest BCUT2D eigenvalue weighted by Gasteiger charge is 2.16. The number of hydrogen-bond acceptors (Lipinski definition) is 3. The predicted octanol–water partition coefficient (Wildman–Crippen LogP) is 2.40. The number of Topliss-reactive ketones (excluding diaryl/α,β-unsaturated/α-hetero) is 1. The van der Waals surface area contributed by atoms with E-state index >= 15 is 0 Å². The third kappa shape index (κ3) is 5.96. The van der Waals surface area contributed by atoms with Gasteiger partial charge in [0, 0.05) is 6.42 Å². The molecule has 100 valence electrons. The standard InChI is InChI=1S/C14H20O3S/c1-2-3-7-10-18(16,17)12-14(15)11-13-8-5-4-6-9-13/h4-6,8-9H,2-3,7,10-12H2,1H3. The second kappa shape index (κ2) is 7.31.